The van der Waals surface area contributed by atoms with Gasteiger partial charge >= 0.3 is 5.88 Å². The normalized spacial score (nSPS) is 14.3. The zero-order chi connectivity index (χ0) is 19.7. The van der Waals surface area contributed by atoms with Crippen molar-refractivity contribution in [2.24, 2.45) is 0 Å². The van der Waals surface area contributed by atoms with Gasteiger partial charge in [-0.2, -0.15) is 4.98 Å². The Morgan fingerprint density at radius 2 is 1.96 bits per heavy atom. The van der Waals surface area contributed by atoms with Gasteiger partial charge in [0.05, 0.1) is 6.07 Å². The van der Waals surface area contributed by atoms with Crippen LogP contribution in [0.2, 0.25) is 0 Å². The molecule has 0 radical (unpaired) electrons. The monoisotopic (exact) mass is 384 g/mol. The zero-order valence-electron chi connectivity index (χ0n) is 14.9. The average molecular weight is 384 g/mol. The summed E-state index contributed by atoms with van der Waals surface area (Å²) in [6, 6.07) is 6.24. The quantitative estimate of drug-likeness (QED) is 0.488. The van der Waals surface area contributed by atoms with E-state index < -0.39 is 10.8 Å². The van der Waals surface area contributed by atoms with Crippen molar-refractivity contribution < 1.29 is 18.7 Å². The molecule has 11 heteroatoms. The predicted octanol–water partition coefficient (Wildman–Crippen LogP) is 1.90. The highest BCUT2D eigenvalue weighted by molar-refractivity contribution is 5.92. The summed E-state index contributed by atoms with van der Waals surface area (Å²) < 4.78 is 9.96. The third kappa shape index (κ3) is 3.41. The molecule has 0 saturated carbocycles. The summed E-state index contributed by atoms with van der Waals surface area (Å²) in [5.41, 5.74) is 0.758. The number of hydrogen-bond donors (Lipinski definition) is 0. The number of piperazine rings is 1. The SMILES string of the molecule is Cc1nc(-c2ccc(N3CCN(C(=O)c4ccc([N+](=O)[O-])o4)CC3)nc2)no1. The van der Waals surface area contributed by atoms with Crippen LogP contribution >= 0.6 is 0 Å². The van der Waals surface area contributed by atoms with Gasteiger partial charge in [-0.1, -0.05) is 5.16 Å². The highest BCUT2D eigenvalue weighted by Crippen LogP contribution is 2.21. The number of rotatable bonds is 4. The molecule has 0 aromatic carbocycles. The van der Waals surface area contributed by atoms with E-state index in [1.165, 1.54) is 12.1 Å². The Morgan fingerprint density at radius 3 is 2.54 bits per heavy atom. The lowest BCUT2D eigenvalue weighted by Crippen LogP contribution is -2.49. The maximum absolute atomic E-state index is 12.4. The molecule has 0 spiro atoms. The van der Waals surface area contributed by atoms with E-state index in [1.54, 1.807) is 18.0 Å². The van der Waals surface area contributed by atoms with Gasteiger partial charge in [-0.15, -0.1) is 0 Å². The minimum atomic E-state index is -0.667. The molecule has 1 fully saturated rings. The molecule has 4 rings (SSSR count). The lowest BCUT2D eigenvalue weighted by Gasteiger charge is -2.35. The van der Waals surface area contributed by atoms with Gasteiger partial charge in [0.25, 0.3) is 5.91 Å². The minimum absolute atomic E-state index is 0.0296. The summed E-state index contributed by atoms with van der Waals surface area (Å²) in [5.74, 6) is 0.926. The molecule has 144 valence electrons. The van der Waals surface area contributed by atoms with Crippen molar-refractivity contribution in [3.63, 3.8) is 0 Å². The van der Waals surface area contributed by atoms with E-state index in [0.717, 1.165) is 11.4 Å². The molecule has 0 atom stereocenters. The van der Waals surface area contributed by atoms with Gasteiger partial charge in [0.2, 0.25) is 11.7 Å². The Balaban J connectivity index is 1.38. The summed E-state index contributed by atoms with van der Waals surface area (Å²) in [6.07, 6.45) is 1.68. The summed E-state index contributed by atoms with van der Waals surface area (Å²) in [6.45, 7) is 3.81. The number of aromatic nitrogens is 3. The molecule has 0 N–H and O–H groups in total. The second-order valence-corrected chi connectivity index (χ2v) is 6.22. The molecular weight excluding hydrogens is 368 g/mol. The van der Waals surface area contributed by atoms with Crippen molar-refractivity contribution in [3.05, 3.63) is 52.2 Å². The Labute approximate surface area is 158 Å². The highest BCUT2D eigenvalue weighted by atomic mass is 16.6. The van der Waals surface area contributed by atoms with E-state index >= 15 is 0 Å². The molecule has 11 nitrogen and oxygen atoms in total. The standard InChI is InChI=1S/C17H16N6O5/c1-11-19-16(20-28-11)12-2-4-14(18-10-12)21-6-8-22(9-7-21)17(24)13-3-5-15(27-13)23(25)26/h2-5,10H,6-9H2,1H3. The number of carbonyl (C=O) groups is 1. The van der Waals surface area contributed by atoms with Crippen LogP contribution in [-0.2, 0) is 0 Å². The fraction of sp³-hybridized carbons (Fsp3) is 0.294. The fourth-order valence-electron chi connectivity index (χ4n) is 2.96. The van der Waals surface area contributed by atoms with Gasteiger partial charge < -0.3 is 18.7 Å². The van der Waals surface area contributed by atoms with Crippen molar-refractivity contribution in [1.82, 2.24) is 20.0 Å². The second kappa shape index (κ2) is 7.10. The number of nitrogens with zero attached hydrogens (tertiary/aromatic N) is 6. The Morgan fingerprint density at radius 1 is 1.18 bits per heavy atom. The minimum Gasteiger partial charge on any atom is -0.395 e. The molecule has 0 aliphatic carbocycles. The van der Waals surface area contributed by atoms with Crippen LogP contribution in [0.5, 0.6) is 0 Å². The Hall–Kier alpha value is -3.76. The second-order valence-electron chi connectivity index (χ2n) is 6.22. The van der Waals surface area contributed by atoms with E-state index in [9.17, 15) is 14.9 Å². The summed E-state index contributed by atoms with van der Waals surface area (Å²) >= 11 is 0. The van der Waals surface area contributed by atoms with E-state index in [-0.39, 0.29) is 11.7 Å². The lowest BCUT2D eigenvalue weighted by atomic mass is 10.2. The summed E-state index contributed by atoms with van der Waals surface area (Å²) in [4.78, 5) is 34.7. The molecule has 1 saturated heterocycles. The van der Waals surface area contributed by atoms with Crippen LogP contribution in [0.15, 0.2) is 39.4 Å². The number of nitro groups is 1. The lowest BCUT2D eigenvalue weighted by molar-refractivity contribution is -0.402. The first-order chi connectivity index (χ1) is 13.5. The molecule has 3 aromatic rings. The maximum atomic E-state index is 12.4. The molecule has 1 amide bonds. The molecule has 3 aromatic heterocycles. The molecule has 1 aliphatic heterocycles. The molecular formula is C17H16N6O5. The van der Waals surface area contributed by atoms with Gasteiger partial charge in [0.15, 0.2) is 5.76 Å². The number of hydrogen-bond acceptors (Lipinski definition) is 9. The van der Waals surface area contributed by atoms with Crippen LogP contribution in [0.25, 0.3) is 11.4 Å². The van der Waals surface area contributed by atoms with Crippen LogP contribution in [0.1, 0.15) is 16.4 Å². The van der Waals surface area contributed by atoms with Gasteiger partial charge in [0.1, 0.15) is 10.7 Å². The van der Waals surface area contributed by atoms with E-state index in [2.05, 4.69) is 20.0 Å². The van der Waals surface area contributed by atoms with Crippen molar-refractivity contribution in [2.45, 2.75) is 6.92 Å². The van der Waals surface area contributed by atoms with Gasteiger partial charge in [-0.05, 0) is 18.2 Å². The van der Waals surface area contributed by atoms with Gasteiger partial charge in [-0.25, -0.2) is 4.98 Å². The highest BCUT2D eigenvalue weighted by Gasteiger charge is 2.26. The number of pyridine rings is 1. The van der Waals surface area contributed by atoms with Crippen LogP contribution < -0.4 is 4.90 Å². The van der Waals surface area contributed by atoms with Crippen molar-refractivity contribution in [2.75, 3.05) is 31.1 Å². The van der Waals surface area contributed by atoms with E-state index in [0.29, 0.717) is 37.9 Å². The summed E-state index contributed by atoms with van der Waals surface area (Å²) in [5, 5.41) is 14.6. The molecule has 0 bridgehead atoms. The number of amides is 1. The third-order valence-electron chi connectivity index (χ3n) is 4.41. The van der Waals surface area contributed by atoms with Crippen LogP contribution in [0.4, 0.5) is 11.7 Å². The number of anilines is 1. The molecule has 1 aliphatic rings. The number of carbonyl (C=O) groups excluding carboxylic acids is 1. The number of furan rings is 1. The maximum Gasteiger partial charge on any atom is 0.433 e. The molecule has 0 unspecified atom stereocenters. The number of aryl methyl sites for hydroxylation is 1. The fourth-order valence-corrected chi connectivity index (χ4v) is 2.96. The van der Waals surface area contributed by atoms with Gasteiger partial charge in [0, 0.05) is 44.9 Å². The third-order valence-corrected chi connectivity index (χ3v) is 4.41. The predicted molar refractivity (Wildman–Crippen MR) is 95.7 cm³/mol. The van der Waals surface area contributed by atoms with Crippen molar-refractivity contribution in [1.29, 1.82) is 0 Å². The molecule has 4 heterocycles. The summed E-state index contributed by atoms with van der Waals surface area (Å²) in [7, 11) is 0. The van der Waals surface area contributed by atoms with Crippen LogP contribution in [0.3, 0.4) is 0 Å². The van der Waals surface area contributed by atoms with Crippen LogP contribution in [0, 0.1) is 17.0 Å². The topological polar surface area (TPSA) is 132 Å². The Kier molecular flexibility index (Phi) is 4.47. The first kappa shape index (κ1) is 17.6. The molecule has 28 heavy (non-hydrogen) atoms. The first-order valence-corrected chi connectivity index (χ1v) is 8.56. The Bertz CT molecular complexity index is 1000. The van der Waals surface area contributed by atoms with Crippen LogP contribution in [-0.4, -0.2) is 57.0 Å². The smallest absolute Gasteiger partial charge is 0.395 e. The van der Waals surface area contributed by atoms with E-state index in [4.69, 9.17) is 8.94 Å². The zero-order valence-corrected chi connectivity index (χ0v) is 14.9. The van der Waals surface area contributed by atoms with E-state index in [1.807, 2.05) is 12.1 Å². The van der Waals surface area contributed by atoms with Crippen molar-refractivity contribution in [3.8, 4) is 11.4 Å². The van der Waals surface area contributed by atoms with Crippen molar-refractivity contribution >= 4 is 17.6 Å². The van der Waals surface area contributed by atoms with Gasteiger partial charge in [-0.3, -0.25) is 14.9 Å². The largest absolute Gasteiger partial charge is 0.433 e. The average Bonchev–Trinajstić information content (AvgIpc) is 3.37. The first-order valence-electron chi connectivity index (χ1n) is 8.56.